The Balaban J connectivity index is 2.25. The summed E-state index contributed by atoms with van der Waals surface area (Å²) in [5.41, 5.74) is 5.53. The van der Waals surface area contributed by atoms with Gasteiger partial charge in [0.15, 0.2) is 0 Å². The molecule has 0 aromatic carbocycles. The van der Waals surface area contributed by atoms with Crippen molar-refractivity contribution in [3.63, 3.8) is 0 Å². The van der Waals surface area contributed by atoms with E-state index in [1.54, 1.807) is 18.5 Å². The van der Waals surface area contributed by atoms with Crippen LogP contribution in [-0.4, -0.2) is 39.8 Å². The lowest BCUT2D eigenvalue weighted by Gasteiger charge is -1.97. The fourth-order valence-electron chi connectivity index (χ4n) is 1.12. The molecule has 74 valence electrons. The lowest BCUT2D eigenvalue weighted by atomic mass is 10.7. The number of hydrogen-bond acceptors (Lipinski definition) is 7. The normalized spacial score (nSPS) is 10.9. The van der Waals surface area contributed by atoms with Gasteiger partial charge in [-0.05, 0) is 6.07 Å². The fourth-order valence-corrected chi connectivity index (χ4v) is 1.12. The van der Waals surface area contributed by atoms with Crippen LogP contribution < -0.4 is 5.73 Å². The van der Waals surface area contributed by atoms with Gasteiger partial charge in [0.1, 0.15) is 0 Å². The van der Waals surface area contributed by atoms with Gasteiger partial charge < -0.3 is 5.73 Å². The van der Waals surface area contributed by atoms with E-state index in [9.17, 15) is 0 Å². The molecule has 0 radical (unpaired) electrons. The molecule has 3 aromatic rings. The van der Waals surface area contributed by atoms with E-state index in [0.29, 0.717) is 5.95 Å². The van der Waals surface area contributed by atoms with Crippen molar-refractivity contribution in [2.45, 2.75) is 0 Å². The molecular weight excluding hydrogens is 198 g/mol. The Morgan fingerprint density at radius 1 is 1.13 bits per heavy atom. The molecule has 3 aromatic heterocycles. The van der Waals surface area contributed by atoms with E-state index in [2.05, 4.69) is 30.6 Å². The molecule has 3 rings (SSSR count). The first-order valence-corrected chi connectivity index (χ1v) is 4.06. The maximum absolute atomic E-state index is 5.53. The molecule has 9 nitrogen and oxygen atoms in total. The number of fused-ring (bicyclic) bond motifs is 1. The van der Waals surface area contributed by atoms with Crippen LogP contribution in [0.2, 0.25) is 0 Å². The number of hydrogen-bond donors (Lipinski definition) is 1. The first-order chi connectivity index (χ1) is 7.34. The monoisotopic (exact) mass is 203 g/mol. The Morgan fingerprint density at radius 2 is 2.00 bits per heavy atom. The third-order valence-corrected chi connectivity index (χ3v) is 1.78. The highest BCUT2D eigenvalue weighted by atomic mass is 15.5. The van der Waals surface area contributed by atoms with Crippen molar-refractivity contribution in [2.75, 3.05) is 5.73 Å². The average molecular weight is 203 g/mol. The van der Waals surface area contributed by atoms with Crippen LogP contribution in [0.4, 0.5) is 5.95 Å². The predicted molar refractivity (Wildman–Crippen MR) is 47.9 cm³/mol. The molecule has 0 unspecified atom stereocenters. The highest BCUT2D eigenvalue weighted by Crippen LogP contribution is 2.00. The summed E-state index contributed by atoms with van der Waals surface area (Å²) in [4.78, 5) is 0. The van der Waals surface area contributed by atoms with Crippen molar-refractivity contribution >= 4 is 11.7 Å². The van der Waals surface area contributed by atoms with Crippen LogP contribution in [0.15, 0.2) is 18.5 Å². The van der Waals surface area contributed by atoms with Crippen LogP contribution >= 0.6 is 0 Å². The second-order valence-corrected chi connectivity index (χ2v) is 2.72. The molecule has 0 spiro atoms. The van der Waals surface area contributed by atoms with Gasteiger partial charge in [0.05, 0.1) is 0 Å². The maximum Gasteiger partial charge on any atom is 0.292 e. The van der Waals surface area contributed by atoms with Crippen LogP contribution in [0.1, 0.15) is 0 Å². The Morgan fingerprint density at radius 3 is 2.80 bits per heavy atom. The van der Waals surface area contributed by atoms with E-state index in [4.69, 9.17) is 5.73 Å². The summed E-state index contributed by atoms with van der Waals surface area (Å²) in [5.74, 6) is 0.718. The van der Waals surface area contributed by atoms with Crippen molar-refractivity contribution in [3.05, 3.63) is 18.5 Å². The Hall–Kier alpha value is -2.58. The van der Waals surface area contributed by atoms with Gasteiger partial charge in [0.25, 0.3) is 11.7 Å². The van der Waals surface area contributed by atoms with Crippen molar-refractivity contribution < 1.29 is 0 Å². The van der Waals surface area contributed by atoms with E-state index in [1.165, 1.54) is 9.20 Å². The molecule has 0 aliphatic rings. The van der Waals surface area contributed by atoms with Crippen molar-refractivity contribution in [1.82, 2.24) is 39.8 Å². The summed E-state index contributed by atoms with van der Waals surface area (Å²) < 4.78 is 2.76. The molecule has 0 saturated heterocycles. The molecule has 0 bridgehead atoms. The van der Waals surface area contributed by atoms with Crippen LogP contribution in [0, 0.1) is 0 Å². The fraction of sp³-hybridized carbons (Fsp3) is 0. The number of rotatable bonds is 1. The third-order valence-electron chi connectivity index (χ3n) is 1.78. The van der Waals surface area contributed by atoms with Gasteiger partial charge in [-0.3, -0.25) is 0 Å². The van der Waals surface area contributed by atoms with Crippen LogP contribution in [-0.2, 0) is 0 Å². The van der Waals surface area contributed by atoms with Gasteiger partial charge in [-0.2, -0.15) is 9.61 Å². The van der Waals surface area contributed by atoms with Crippen molar-refractivity contribution in [1.29, 1.82) is 0 Å². The van der Waals surface area contributed by atoms with Gasteiger partial charge in [-0.15, -0.1) is 25.5 Å². The van der Waals surface area contributed by atoms with Gasteiger partial charge in [0.2, 0.25) is 5.95 Å². The second-order valence-electron chi connectivity index (χ2n) is 2.72. The molecule has 9 heteroatoms. The Labute approximate surface area is 82.6 Å². The zero-order valence-corrected chi connectivity index (χ0v) is 7.39. The van der Waals surface area contributed by atoms with Gasteiger partial charge >= 0.3 is 0 Å². The van der Waals surface area contributed by atoms with E-state index in [0.717, 1.165) is 0 Å². The molecule has 0 aliphatic carbocycles. The summed E-state index contributed by atoms with van der Waals surface area (Å²) in [6.07, 6.45) is 3.31. The molecule has 0 fully saturated rings. The van der Waals surface area contributed by atoms with Crippen LogP contribution in [0.3, 0.4) is 0 Å². The van der Waals surface area contributed by atoms with Gasteiger partial charge in [-0.25, -0.2) is 4.68 Å². The molecule has 0 atom stereocenters. The number of nitrogens with two attached hydrogens (primary N) is 1. The number of nitrogen functional groups attached to an aromatic ring is 1. The average Bonchev–Trinajstić information content (AvgIpc) is 2.88. The lowest BCUT2D eigenvalue weighted by Crippen LogP contribution is -2.09. The standard InChI is InChI=1S/C6H5N9/c7-4-9-10-5-11-12-6(13-15(4)5)14-3-1-2-8-14/h1-3H,(H2,7,9). The highest BCUT2D eigenvalue weighted by Gasteiger charge is 2.07. The summed E-state index contributed by atoms with van der Waals surface area (Å²) in [6.45, 7) is 0. The van der Waals surface area contributed by atoms with E-state index in [1.807, 2.05) is 0 Å². The lowest BCUT2D eigenvalue weighted by molar-refractivity contribution is 0.719. The van der Waals surface area contributed by atoms with Crippen LogP contribution in [0.5, 0.6) is 0 Å². The quantitative estimate of drug-likeness (QED) is 0.521. The first kappa shape index (κ1) is 7.79. The van der Waals surface area contributed by atoms with Gasteiger partial charge in [-0.1, -0.05) is 0 Å². The molecule has 0 amide bonds. The smallest absolute Gasteiger partial charge is 0.292 e. The zero-order valence-electron chi connectivity index (χ0n) is 7.39. The summed E-state index contributed by atoms with van der Waals surface area (Å²) in [5, 5.41) is 22.9. The van der Waals surface area contributed by atoms with E-state index in [-0.39, 0.29) is 11.7 Å². The maximum atomic E-state index is 5.53. The minimum atomic E-state index is 0.160. The van der Waals surface area contributed by atoms with E-state index < -0.39 is 0 Å². The SMILES string of the molecule is Nc1nnc2nnc(-n3cccn3)nn12. The predicted octanol–water partition coefficient (Wildman–Crippen LogP) is -1.32. The topological polar surface area (TPSA) is 113 Å². The second kappa shape index (κ2) is 2.70. The molecule has 0 aliphatic heterocycles. The molecule has 0 saturated carbocycles. The summed E-state index contributed by atoms with van der Waals surface area (Å²) in [6, 6.07) is 1.75. The van der Waals surface area contributed by atoms with E-state index >= 15 is 0 Å². The largest absolute Gasteiger partial charge is 0.366 e. The minimum absolute atomic E-state index is 0.160. The summed E-state index contributed by atoms with van der Waals surface area (Å²) >= 11 is 0. The molecule has 2 N–H and O–H groups in total. The first-order valence-electron chi connectivity index (χ1n) is 4.06. The number of aromatic nitrogens is 8. The van der Waals surface area contributed by atoms with Gasteiger partial charge in [0, 0.05) is 12.4 Å². The molecule has 3 heterocycles. The molecule has 15 heavy (non-hydrogen) atoms. The third kappa shape index (κ3) is 1.10. The number of nitrogens with zero attached hydrogens (tertiary/aromatic N) is 8. The van der Waals surface area contributed by atoms with Crippen LogP contribution in [0.25, 0.3) is 11.7 Å². The zero-order chi connectivity index (χ0) is 10.3. The minimum Gasteiger partial charge on any atom is -0.366 e. The Bertz CT molecular complexity index is 594. The van der Waals surface area contributed by atoms with Crippen molar-refractivity contribution in [3.8, 4) is 5.95 Å². The summed E-state index contributed by atoms with van der Waals surface area (Å²) in [7, 11) is 0. The Kier molecular flexibility index (Phi) is 1.40. The highest BCUT2D eigenvalue weighted by molar-refractivity contribution is 5.32. The molecular formula is C6H5N9. The number of anilines is 1. The van der Waals surface area contributed by atoms with Crippen molar-refractivity contribution in [2.24, 2.45) is 0 Å².